The summed E-state index contributed by atoms with van der Waals surface area (Å²) in [5.41, 5.74) is 8.26. The summed E-state index contributed by atoms with van der Waals surface area (Å²) >= 11 is 6.25. The second kappa shape index (κ2) is 6.33. The van der Waals surface area contributed by atoms with Crippen LogP contribution in [0.1, 0.15) is 36.8 Å². The molecule has 1 atom stereocenters. The van der Waals surface area contributed by atoms with Gasteiger partial charge in [-0.25, -0.2) is 0 Å². The maximum atomic E-state index is 6.25. The van der Waals surface area contributed by atoms with Gasteiger partial charge in [0.05, 0.1) is 6.61 Å². The van der Waals surface area contributed by atoms with E-state index in [9.17, 15) is 0 Å². The third-order valence-electron chi connectivity index (χ3n) is 4.45. The van der Waals surface area contributed by atoms with E-state index in [0.717, 1.165) is 49.9 Å². The van der Waals surface area contributed by atoms with E-state index in [2.05, 4.69) is 11.0 Å². The van der Waals surface area contributed by atoms with Gasteiger partial charge in [-0.15, -0.1) is 0 Å². The van der Waals surface area contributed by atoms with Crippen molar-refractivity contribution in [3.63, 3.8) is 0 Å². The topological polar surface area (TPSA) is 38.5 Å². The van der Waals surface area contributed by atoms with Crippen molar-refractivity contribution in [3.05, 3.63) is 28.3 Å². The Morgan fingerprint density at radius 1 is 1.35 bits per heavy atom. The van der Waals surface area contributed by atoms with Crippen molar-refractivity contribution >= 4 is 11.6 Å². The normalized spacial score (nSPS) is 22.6. The third-order valence-corrected chi connectivity index (χ3v) is 4.67. The maximum Gasteiger partial charge on any atom is 0.127 e. The number of likely N-dealkylation sites (tertiary alicyclic amines) is 1. The standard InChI is InChI=1S/C16H23ClN2O/c17-14-9-12-5-8-20-16(12)13(10-14)11-19-7-2-1-3-15(19)4-6-18/h9-10,15H,1-8,11,18H2. The van der Waals surface area contributed by atoms with Crippen LogP contribution in [0, 0.1) is 0 Å². The Hall–Kier alpha value is -0.770. The summed E-state index contributed by atoms with van der Waals surface area (Å²) in [5, 5.41) is 0.830. The fourth-order valence-electron chi connectivity index (χ4n) is 3.47. The smallest absolute Gasteiger partial charge is 0.127 e. The van der Waals surface area contributed by atoms with Crippen molar-refractivity contribution in [1.82, 2.24) is 4.90 Å². The van der Waals surface area contributed by atoms with E-state index >= 15 is 0 Å². The summed E-state index contributed by atoms with van der Waals surface area (Å²) in [5.74, 6) is 1.08. The van der Waals surface area contributed by atoms with Crippen molar-refractivity contribution in [2.24, 2.45) is 5.73 Å². The lowest BCUT2D eigenvalue weighted by Gasteiger charge is -2.36. The minimum absolute atomic E-state index is 0.616. The molecular weight excluding hydrogens is 272 g/mol. The zero-order chi connectivity index (χ0) is 13.9. The molecule has 2 aliphatic heterocycles. The largest absolute Gasteiger partial charge is 0.493 e. The fourth-order valence-corrected chi connectivity index (χ4v) is 3.73. The van der Waals surface area contributed by atoms with Crippen LogP contribution in [0.25, 0.3) is 0 Å². The lowest BCUT2D eigenvalue weighted by atomic mass is 9.98. The fraction of sp³-hybridized carbons (Fsp3) is 0.625. The average molecular weight is 295 g/mol. The predicted octanol–water partition coefficient (Wildman–Crippen LogP) is 2.98. The van der Waals surface area contributed by atoms with Gasteiger partial charge in [0.25, 0.3) is 0 Å². The van der Waals surface area contributed by atoms with E-state index < -0.39 is 0 Å². The van der Waals surface area contributed by atoms with Crippen LogP contribution in [0.5, 0.6) is 5.75 Å². The Bertz CT molecular complexity index is 476. The highest BCUT2D eigenvalue weighted by molar-refractivity contribution is 6.30. The number of rotatable bonds is 4. The van der Waals surface area contributed by atoms with E-state index in [-0.39, 0.29) is 0 Å². The van der Waals surface area contributed by atoms with Gasteiger partial charge < -0.3 is 10.5 Å². The molecule has 0 saturated carbocycles. The first kappa shape index (κ1) is 14.2. The van der Waals surface area contributed by atoms with Crippen molar-refractivity contribution in [2.75, 3.05) is 19.7 Å². The summed E-state index contributed by atoms with van der Waals surface area (Å²) in [6.45, 7) is 3.65. The Labute approximate surface area is 126 Å². The molecule has 0 bridgehead atoms. The molecule has 4 heteroatoms. The maximum absolute atomic E-state index is 6.25. The number of piperidine rings is 1. The summed E-state index contributed by atoms with van der Waals surface area (Å²) in [6.07, 6.45) is 5.94. The molecular formula is C16H23ClN2O. The highest BCUT2D eigenvalue weighted by Crippen LogP contribution is 2.34. The molecule has 0 spiro atoms. The molecule has 2 heterocycles. The van der Waals surface area contributed by atoms with E-state index in [1.807, 2.05) is 6.07 Å². The van der Waals surface area contributed by atoms with E-state index in [1.165, 1.54) is 30.4 Å². The summed E-state index contributed by atoms with van der Waals surface area (Å²) < 4.78 is 5.81. The molecule has 110 valence electrons. The van der Waals surface area contributed by atoms with Gasteiger partial charge >= 0.3 is 0 Å². The number of halogens is 1. The highest BCUT2D eigenvalue weighted by atomic mass is 35.5. The van der Waals surface area contributed by atoms with Crippen LogP contribution in [0.15, 0.2) is 12.1 Å². The van der Waals surface area contributed by atoms with E-state index in [1.54, 1.807) is 0 Å². The van der Waals surface area contributed by atoms with Crippen molar-refractivity contribution in [3.8, 4) is 5.75 Å². The monoisotopic (exact) mass is 294 g/mol. The van der Waals surface area contributed by atoms with Gasteiger partial charge in [-0.1, -0.05) is 18.0 Å². The molecule has 20 heavy (non-hydrogen) atoms. The number of hydrogen-bond acceptors (Lipinski definition) is 3. The SMILES string of the molecule is NCCC1CCCCN1Cc1cc(Cl)cc2c1OCC2. The molecule has 2 aliphatic rings. The third kappa shape index (κ3) is 2.95. The van der Waals surface area contributed by atoms with Gasteiger partial charge in [-0.2, -0.15) is 0 Å². The van der Waals surface area contributed by atoms with Gasteiger partial charge in [-0.3, -0.25) is 4.90 Å². The first-order valence-electron chi connectivity index (χ1n) is 7.66. The molecule has 3 nitrogen and oxygen atoms in total. The van der Waals surface area contributed by atoms with Crippen LogP contribution < -0.4 is 10.5 Å². The van der Waals surface area contributed by atoms with Crippen LogP contribution in [0.3, 0.4) is 0 Å². The Morgan fingerprint density at radius 2 is 2.25 bits per heavy atom. The first-order valence-corrected chi connectivity index (χ1v) is 8.04. The lowest BCUT2D eigenvalue weighted by molar-refractivity contribution is 0.132. The lowest BCUT2D eigenvalue weighted by Crippen LogP contribution is -2.40. The van der Waals surface area contributed by atoms with Crippen molar-refractivity contribution in [1.29, 1.82) is 0 Å². The minimum Gasteiger partial charge on any atom is -0.493 e. The molecule has 1 aromatic rings. The number of benzene rings is 1. The second-order valence-corrected chi connectivity index (χ2v) is 6.29. The number of fused-ring (bicyclic) bond motifs is 1. The summed E-state index contributed by atoms with van der Waals surface area (Å²) in [4.78, 5) is 2.56. The van der Waals surface area contributed by atoms with Crippen LogP contribution in [0.2, 0.25) is 5.02 Å². The van der Waals surface area contributed by atoms with Gasteiger partial charge in [0.15, 0.2) is 0 Å². The molecule has 1 fully saturated rings. The number of nitrogens with two attached hydrogens (primary N) is 1. The summed E-state index contributed by atoms with van der Waals surface area (Å²) in [6, 6.07) is 4.73. The van der Waals surface area contributed by atoms with Crippen LogP contribution in [-0.4, -0.2) is 30.6 Å². The Morgan fingerprint density at radius 3 is 3.10 bits per heavy atom. The predicted molar refractivity (Wildman–Crippen MR) is 82.4 cm³/mol. The van der Waals surface area contributed by atoms with E-state index in [4.69, 9.17) is 22.1 Å². The molecule has 1 aromatic carbocycles. The number of hydrogen-bond donors (Lipinski definition) is 1. The second-order valence-electron chi connectivity index (χ2n) is 5.85. The minimum atomic E-state index is 0.616. The molecule has 2 N–H and O–H groups in total. The number of ether oxygens (including phenoxy) is 1. The first-order chi connectivity index (χ1) is 9.78. The van der Waals surface area contributed by atoms with Crippen molar-refractivity contribution < 1.29 is 4.74 Å². The Balaban J connectivity index is 1.79. The molecule has 1 saturated heterocycles. The van der Waals surface area contributed by atoms with Crippen LogP contribution >= 0.6 is 11.6 Å². The molecule has 0 amide bonds. The van der Waals surface area contributed by atoms with Crippen molar-refractivity contribution in [2.45, 2.75) is 44.7 Å². The van der Waals surface area contributed by atoms with Crippen LogP contribution in [0.4, 0.5) is 0 Å². The molecule has 0 radical (unpaired) electrons. The Kier molecular flexibility index (Phi) is 4.49. The van der Waals surface area contributed by atoms with E-state index in [0.29, 0.717) is 6.04 Å². The zero-order valence-electron chi connectivity index (χ0n) is 11.9. The quantitative estimate of drug-likeness (QED) is 0.928. The van der Waals surface area contributed by atoms with Gasteiger partial charge in [-0.05, 0) is 50.0 Å². The summed E-state index contributed by atoms with van der Waals surface area (Å²) in [7, 11) is 0. The van der Waals surface area contributed by atoms with Crippen LogP contribution in [-0.2, 0) is 13.0 Å². The molecule has 1 unspecified atom stereocenters. The van der Waals surface area contributed by atoms with Gasteiger partial charge in [0.1, 0.15) is 5.75 Å². The molecule has 0 aliphatic carbocycles. The molecule has 0 aromatic heterocycles. The average Bonchev–Trinajstić information content (AvgIpc) is 2.89. The van der Waals surface area contributed by atoms with Gasteiger partial charge in [0.2, 0.25) is 0 Å². The highest BCUT2D eigenvalue weighted by Gasteiger charge is 2.25. The zero-order valence-corrected chi connectivity index (χ0v) is 12.7. The number of nitrogens with zero attached hydrogens (tertiary/aromatic N) is 1. The van der Waals surface area contributed by atoms with Gasteiger partial charge in [0, 0.05) is 29.6 Å². The molecule has 3 rings (SSSR count).